The smallest absolute Gasteiger partial charge is 0.220 e. The molecule has 1 atom stereocenters. The molecule has 5 nitrogen and oxygen atoms in total. The maximum absolute atomic E-state index is 12.0. The normalized spacial score (nSPS) is 11.6. The van der Waals surface area contributed by atoms with Crippen molar-refractivity contribution < 1.29 is 4.79 Å². The van der Waals surface area contributed by atoms with E-state index in [1.54, 1.807) is 0 Å². The third kappa shape index (κ3) is 6.60. The van der Waals surface area contributed by atoms with Gasteiger partial charge < -0.3 is 11.1 Å². The number of hydrogen-bond donors (Lipinski definition) is 2. The summed E-state index contributed by atoms with van der Waals surface area (Å²) in [5.74, 6) is 0.0285. The molecule has 3 rings (SSSR count). The summed E-state index contributed by atoms with van der Waals surface area (Å²) in [6.07, 6.45) is 3.85. The van der Waals surface area contributed by atoms with E-state index in [1.807, 2.05) is 72.4 Å². The van der Waals surface area contributed by atoms with Gasteiger partial charge >= 0.3 is 0 Å². The maximum Gasteiger partial charge on any atom is 0.220 e. The molecule has 0 fully saturated rings. The zero-order valence-corrected chi connectivity index (χ0v) is 17.9. The molecule has 1 heterocycles. The third-order valence-electron chi connectivity index (χ3n) is 4.47. The quantitative estimate of drug-likeness (QED) is 0.553. The van der Waals surface area contributed by atoms with Gasteiger partial charge in [-0.25, -0.2) is 4.68 Å². The molecule has 0 aliphatic rings. The number of para-hydroxylation sites is 1. The Balaban J connectivity index is 0.00000300. The molecular weight excluding hydrogens is 407 g/mol. The van der Waals surface area contributed by atoms with Gasteiger partial charge in [0.05, 0.1) is 11.4 Å². The van der Waals surface area contributed by atoms with Crippen molar-refractivity contribution in [3.8, 4) is 16.9 Å². The molecule has 1 aromatic heterocycles. The van der Waals surface area contributed by atoms with Crippen LogP contribution in [0.3, 0.4) is 0 Å². The molecule has 0 saturated carbocycles. The molecule has 1 amide bonds. The highest BCUT2D eigenvalue weighted by Gasteiger charge is 2.13. The summed E-state index contributed by atoms with van der Waals surface area (Å²) >= 11 is 6.03. The Bertz CT molecular complexity index is 908. The van der Waals surface area contributed by atoms with Crippen LogP contribution < -0.4 is 11.1 Å². The van der Waals surface area contributed by atoms with E-state index in [2.05, 4.69) is 5.32 Å². The largest absolute Gasteiger partial charge is 0.356 e. The highest BCUT2D eigenvalue weighted by Crippen LogP contribution is 2.25. The molecule has 7 heteroatoms. The number of aromatic nitrogens is 2. The molecule has 0 spiro atoms. The van der Waals surface area contributed by atoms with E-state index < -0.39 is 0 Å². The number of nitrogens with zero attached hydrogens (tertiary/aromatic N) is 2. The van der Waals surface area contributed by atoms with Gasteiger partial charge in [-0.2, -0.15) is 5.10 Å². The van der Waals surface area contributed by atoms with Crippen molar-refractivity contribution in [1.29, 1.82) is 0 Å². The van der Waals surface area contributed by atoms with E-state index in [0.29, 0.717) is 30.8 Å². The summed E-state index contributed by atoms with van der Waals surface area (Å²) in [6, 6.07) is 17.6. The number of halogens is 2. The van der Waals surface area contributed by atoms with Crippen LogP contribution in [0.4, 0.5) is 0 Å². The van der Waals surface area contributed by atoms with Crippen LogP contribution in [0.5, 0.6) is 0 Å². The Hall–Kier alpha value is -2.34. The predicted molar refractivity (Wildman–Crippen MR) is 121 cm³/mol. The molecule has 1 unspecified atom stereocenters. The van der Waals surface area contributed by atoms with Gasteiger partial charge in [-0.1, -0.05) is 41.9 Å². The molecule has 29 heavy (non-hydrogen) atoms. The van der Waals surface area contributed by atoms with Gasteiger partial charge in [0, 0.05) is 41.4 Å². The van der Waals surface area contributed by atoms with E-state index in [-0.39, 0.29) is 24.4 Å². The first-order chi connectivity index (χ1) is 13.5. The number of hydrogen-bond acceptors (Lipinski definition) is 3. The summed E-state index contributed by atoms with van der Waals surface area (Å²) in [7, 11) is 0. The number of nitrogens with two attached hydrogens (primary N) is 1. The van der Waals surface area contributed by atoms with Crippen molar-refractivity contribution in [2.24, 2.45) is 5.73 Å². The summed E-state index contributed by atoms with van der Waals surface area (Å²) in [5.41, 5.74) is 9.66. The Kier molecular flexibility index (Phi) is 8.70. The van der Waals surface area contributed by atoms with E-state index >= 15 is 0 Å². The van der Waals surface area contributed by atoms with Crippen LogP contribution in [0.1, 0.15) is 25.3 Å². The number of carbonyl (C=O) groups is 1. The molecule has 0 aliphatic carbocycles. The molecule has 0 radical (unpaired) electrons. The molecule has 0 bridgehead atoms. The lowest BCUT2D eigenvalue weighted by atomic mass is 10.1. The van der Waals surface area contributed by atoms with E-state index in [0.717, 1.165) is 22.5 Å². The minimum Gasteiger partial charge on any atom is -0.356 e. The van der Waals surface area contributed by atoms with Gasteiger partial charge in [-0.15, -0.1) is 12.4 Å². The van der Waals surface area contributed by atoms with E-state index in [9.17, 15) is 4.79 Å². The van der Waals surface area contributed by atoms with Crippen molar-refractivity contribution in [3.05, 3.63) is 71.4 Å². The van der Waals surface area contributed by atoms with Crippen LogP contribution in [0.2, 0.25) is 5.02 Å². The van der Waals surface area contributed by atoms with Gasteiger partial charge in [0.2, 0.25) is 5.91 Å². The second-order valence-electron chi connectivity index (χ2n) is 6.91. The number of benzene rings is 2. The molecule has 154 valence electrons. The molecule has 3 N–H and O–H groups in total. The molecule has 3 aromatic rings. The van der Waals surface area contributed by atoms with E-state index in [4.69, 9.17) is 22.4 Å². The van der Waals surface area contributed by atoms with Gasteiger partial charge in [0.15, 0.2) is 0 Å². The van der Waals surface area contributed by atoms with Gasteiger partial charge in [0.1, 0.15) is 0 Å². The van der Waals surface area contributed by atoms with E-state index in [1.165, 1.54) is 0 Å². The highest BCUT2D eigenvalue weighted by atomic mass is 35.5. The first-order valence-electron chi connectivity index (χ1n) is 9.45. The minimum atomic E-state index is 0. The number of nitrogens with one attached hydrogen (secondary N) is 1. The fraction of sp³-hybridized carbons (Fsp3) is 0.273. The molecule has 0 saturated heterocycles. The van der Waals surface area contributed by atoms with Crippen LogP contribution in [0.15, 0.2) is 60.8 Å². The first-order valence-corrected chi connectivity index (χ1v) is 9.83. The lowest BCUT2D eigenvalue weighted by Gasteiger charge is -2.07. The monoisotopic (exact) mass is 432 g/mol. The number of carbonyl (C=O) groups excluding carboxylic acids is 1. The third-order valence-corrected chi connectivity index (χ3v) is 4.72. The SMILES string of the molecule is CC(N)CCC(=O)NCCc1cn(-c2ccccc2)nc1-c1ccc(Cl)cc1.Cl. The average molecular weight is 433 g/mol. The topological polar surface area (TPSA) is 72.9 Å². The lowest BCUT2D eigenvalue weighted by molar-refractivity contribution is -0.121. The van der Waals surface area contributed by atoms with Crippen molar-refractivity contribution >= 4 is 29.9 Å². The summed E-state index contributed by atoms with van der Waals surface area (Å²) in [5, 5.41) is 8.44. The van der Waals surface area contributed by atoms with Crippen LogP contribution in [-0.4, -0.2) is 28.3 Å². The zero-order chi connectivity index (χ0) is 19.9. The fourth-order valence-corrected chi connectivity index (χ4v) is 3.07. The fourth-order valence-electron chi connectivity index (χ4n) is 2.94. The lowest BCUT2D eigenvalue weighted by Crippen LogP contribution is -2.27. The molecule has 2 aromatic carbocycles. The van der Waals surface area contributed by atoms with Crippen molar-refractivity contribution in [3.63, 3.8) is 0 Å². The summed E-state index contributed by atoms with van der Waals surface area (Å²) in [4.78, 5) is 12.0. The molecule has 0 aliphatic heterocycles. The Morgan fingerprint density at radius 1 is 1.17 bits per heavy atom. The Morgan fingerprint density at radius 3 is 2.52 bits per heavy atom. The van der Waals surface area contributed by atoms with Crippen LogP contribution in [-0.2, 0) is 11.2 Å². The first kappa shape index (κ1) is 22.9. The Labute approximate surface area is 182 Å². The molecular formula is C22H26Cl2N4O. The van der Waals surface area contributed by atoms with Crippen molar-refractivity contribution in [1.82, 2.24) is 15.1 Å². The minimum absolute atomic E-state index is 0. The van der Waals surface area contributed by atoms with Crippen molar-refractivity contribution in [2.75, 3.05) is 6.54 Å². The van der Waals surface area contributed by atoms with Gasteiger partial charge in [-0.05, 0) is 44.0 Å². The maximum atomic E-state index is 12.0. The van der Waals surface area contributed by atoms with Crippen LogP contribution in [0.25, 0.3) is 16.9 Å². The predicted octanol–water partition coefficient (Wildman–Crippen LogP) is 4.40. The average Bonchev–Trinajstić information content (AvgIpc) is 3.12. The standard InChI is InChI=1S/C22H25ClN4O.ClH/c1-16(24)7-12-21(28)25-14-13-18-15-27(20-5-3-2-4-6-20)26-22(18)17-8-10-19(23)11-9-17;/h2-6,8-11,15-16H,7,12-14,24H2,1H3,(H,25,28);1H. The van der Waals surface area contributed by atoms with Crippen molar-refractivity contribution in [2.45, 2.75) is 32.2 Å². The number of rotatable bonds is 8. The zero-order valence-electron chi connectivity index (χ0n) is 16.3. The van der Waals surface area contributed by atoms with Gasteiger partial charge in [-0.3, -0.25) is 4.79 Å². The van der Waals surface area contributed by atoms with Crippen LogP contribution >= 0.6 is 24.0 Å². The second kappa shape index (κ2) is 11.0. The second-order valence-corrected chi connectivity index (χ2v) is 7.34. The number of amides is 1. The van der Waals surface area contributed by atoms with Gasteiger partial charge in [0.25, 0.3) is 0 Å². The summed E-state index contributed by atoms with van der Waals surface area (Å²) < 4.78 is 1.87. The summed E-state index contributed by atoms with van der Waals surface area (Å²) in [6.45, 7) is 2.46. The highest BCUT2D eigenvalue weighted by molar-refractivity contribution is 6.30. The van der Waals surface area contributed by atoms with Crippen LogP contribution in [0, 0.1) is 0 Å². The Morgan fingerprint density at radius 2 is 1.86 bits per heavy atom.